The second-order valence-corrected chi connectivity index (χ2v) is 8.27. The number of amides is 1. The fraction of sp³-hybridized carbons (Fsp3) is 0.238. The quantitative estimate of drug-likeness (QED) is 0.466. The fourth-order valence-electron chi connectivity index (χ4n) is 3.10. The molecule has 0 aliphatic carbocycles. The molecule has 0 unspecified atom stereocenters. The molecule has 2 aromatic heterocycles. The van der Waals surface area contributed by atoms with Crippen LogP contribution in [0.4, 0.5) is 5.69 Å². The highest BCUT2D eigenvalue weighted by atomic mass is 32.2. The van der Waals surface area contributed by atoms with E-state index >= 15 is 0 Å². The first-order valence-electron chi connectivity index (χ1n) is 9.75. The van der Waals surface area contributed by atoms with Crippen LogP contribution in [0, 0.1) is 0 Å². The number of anilines is 1. The number of hydrogen-bond acceptors (Lipinski definition) is 9. The number of fused-ring (bicyclic) bond motifs is 1. The van der Waals surface area contributed by atoms with Crippen molar-refractivity contribution in [3.8, 4) is 17.4 Å². The molecule has 0 saturated carbocycles. The second kappa shape index (κ2) is 8.79. The van der Waals surface area contributed by atoms with Gasteiger partial charge in [-0.2, -0.15) is 9.38 Å². The largest absolute Gasteiger partial charge is 0.490 e. The van der Waals surface area contributed by atoms with Gasteiger partial charge in [-0.1, -0.05) is 6.07 Å². The number of methoxy groups -OCH3 is 1. The van der Waals surface area contributed by atoms with Crippen molar-refractivity contribution in [1.82, 2.24) is 19.9 Å². The normalized spacial score (nSPS) is 12.9. The lowest BCUT2D eigenvalue weighted by atomic mass is 10.1. The zero-order chi connectivity index (χ0) is 22.7. The minimum Gasteiger partial charge on any atom is -0.490 e. The van der Waals surface area contributed by atoms with Crippen molar-refractivity contribution in [2.75, 3.05) is 18.4 Å². The number of pyridine rings is 1. The first kappa shape index (κ1) is 21.5. The number of imidazole rings is 1. The number of aromatic nitrogens is 3. The molecule has 0 atom stereocenters. The van der Waals surface area contributed by atoms with Crippen molar-refractivity contribution in [2.45, 2.75) is 19.4 Å². The van der Waals surface area contributed by atoms with Gasteiger partial charge in [0.25, 0.3) is 5.91 Å². The van der Waals surface area contributed by atoms with Crippen molar-refractivity contribution in [2.24, 2.45) is 10.1 Å². The maximum absolute atomic E-state index is 13.0. The predicted molar refractivity (Wildman–Crippen MR) is 123 cm³/mol. The molecule has 0 saturated heterocycles. The number of hydrogen-bond donors (Lipinski definition) is 3. The number of amidine groups is 1. The average molecular weight is 454 g/mol. The van der Waals surface area contributed by atoms with Gasteiger partial charge in [-0.25, -0.2) is 4.98 Å². The number of ether oxygens (including phenoxy) is 2. The molecule has 1 amide bonds. The van der Waals surface area contributed by atoms with Gasteiger partial charge < -0.3 is 25.2 Å². The summed E-state index contributed by atoms with van der Waals surface area (Å²) in [6.45, 7) is 3.97. The Kier molecular flexibility index (Phi) is 5.91. The third-order valence-electron chi connectivity index (χ3n) is 4.65. The van der Waals surface area contributed by atoms with E-state index in [1.807, 2.05) is 32.0 Å². The summed E-state index contributed by atoms with van der Waals surface area (Å²) in [7, 11) is 1.50. The van der Waals surface area contributed by atoms with Gasteiger partial charge in [0.2, 0.25) is 5.88 Å². The van der Waals surface area contributed by atoms with Crippen LogP contribution in [-0.4, -0.2) is 45.5 Å². The average Bonchev–Trinajstić information content (AvgIpc) is 3.32. The Morgan fingerprint density at radius 2 is 2.19 bits per heavy atom. The highest BCUT2D eigenvalue weighted by molar-refractivity contribution is 7.99. The van der Waals surface area contributed by atoms with E-state index in [0.717, 1.165) is 5.69 Å². The number of carbonyl (C=O) groups excluding carboxylic acids is 1. The standard InChI is InChI=1S/C21H23N7O3S/c1-21(2,11-31-15-6-4-5-14-18(15)19(22)27-32-26-14)25-20(29)13-9-16(24-17(10-13)30-3)28-8-7-23-12-28/h4-10,12,26H,11H2,1-3H3,(H2,22,27)(H,25,29). The summed E-state index contributed by atoms with van der Waals surface area (Å²) in [6.07, 6.45) is 4.98. The summed E-state index contributed by atoms with van der Waals surface area (Å²) >= 11 is 1.17. The smallest absolute Gasteiger partial charge is 0.252 e. The maximum atomic E-state index is 13.0. The number of nitrogens with one attached hydrogen (secondary N) is 2. The van der Waals surface area contributed by atoms with Crippen molar-refractivity contribution in [3.63, 3.8) is 0 Å². The van der Waals surface area contributed by atoms with Crippen LogP contribution in [0.2, 0.25) is 0 Å². The molecule has 3 heterocycles. The molecule has 11 heteroatoms. The first-order chi connectivity index (χ1) is 15.4. The summed E-state index contributed by atoms with van der Waals surface area (Å²) < 4.78 is 20.2. The summed E-state index contributed by atoms with van der Waals surface area (Å²) in [5.41, 5.74) is 7.30. The number of benzene rings is 1. The molecule has 10 nitrogen and oxygen atoms in total. The highest BCUT2D eigenvalue weighted by Crippen LogP contribution is 2.32. The summed E-state index contributed by atoms with van der Waals surface area (Å²) in [5.74, 6) is 1.54. The van der Waals surface area contributed by atoms with Gasteiger partial charge in [0, 0.05) is 24.0 Å². The van der Waals surface area contributed by atoms with Crippen molar-refractivity contribution >= 4 is 29.6 Å². The number of carbonyl (C=O) groups is 1. The first-order valence-corrected chi connectivity index (χ1v) is 10.5. The van der Waals surface area contributed by atoms with Gasteiger partial charge in [0.05, 0.1) is 36.0 Å². The van der Waals surface area contributed by atoms with Gasteiger partial charge in [0.1, 0.15) is 30.3 Å². The van der Waals surface area contributed by atoms with E-state index in [9.17, 15) is 4.79 Å². The molecule has 0 radical (unpaired) electrons. The number of rotatable bonds is 7. The maximum Gasteiger partial charge on any atom is 0.252 e. The minimum atomic E-state index is -0.686. The van der Waals surface area contributed by atoms with Crippen LogP contribution in [0.15, 0.2) is 53.5 Å². The van der Waals surface area contributed by atoms with Crippen LogP contribution in [0.5, 0.6) is 11.6 Å². The monoisotopic (exact) mass is 453 g/mol. The molecule has 1 aromatic carbocycles. The van der Waals surface area contributed by atoms with E-state index in [4.69, 9.17) is 15.2 Å². The van der Waals surface area contributed by atoms with E-state index in [-0.39, 0.29) is 12.5 Å². The Balaban J connectivity index is 1.49. The van der Waals surface area contributed by atoms with Gasteiger partial charge >= 0.3 is 0 Å². The number of nitrogens with zero attached hydrogens (tertiary/aromatic N) is 4. The van der Waals surface area contributed by atoms with Gasteiger partial charge in [0.15, 0.2) is 0 Å². The van der Waals surface area contributed by atoms with Crippen LogP contribution in [-0.2, 0) is 0 Å². The van der Waals surface area contributed by atoms with Crippen LogP contribution >= 0.6 is 12.1 Å². The molecular formula is C21H23N7O3S. The lowest BCUT2D eigenvalue weighted by molar-refractivity contribution is 0.0880. The Bertz CT molecular complexity index is 1160. The van der Waals surface area contributed by atoms with E-state index in [2.05, 4.69) is 24.4 Å². The molecule has 0 spiro atoms. The molecule has 32 heavy (non-hydrogen) atoms. The third-order valence-corrected chi connectivity index (χ3v) is 5.25. The van der Waals surface area contributed by atoms with E-state index in [0.29, 0.717) is 34.4 Å². The minimum absolute atomic E-state index is 0.214. The lowest BCUT2D eigenvalue weighted by Gasteiger charge is -2.27. The molecule has 166 valence electrons. The van der Waals surface area contributed by atoms with Gasteiger partial charge in [-0.3, -0.25) is 9.36 Å². The van der Waals surface area contributed by atoms with Crippen molar-refractivity contribution in [1.29, 1.82) is 0 Å². The molecule has 4 rings (SSSR count). The summed E-state index contributed by atoms with van der Waals surface area (Å²) in [6, 6.07) is 8.85. The molecule has 1 aliphatic rings. The zero-order valence-electron chi connectivity index (χ0n) is 17.8. The molecule has 0 bridgehead atoms. The molecular weight excluding hydrogens is 430 g/mol. The molecule has 1 aliphatic heterocycles. The highest BCUT2D eigenvalue weighted by Gasteiger charge is 2.25. The second-order valence-electron chi connectivity index (χ2n) is 7.70. The topological polar surface area (TPSA) is 129 Å². The lowest BCUT2D eigenvalue weighted by Crippen LogP contribution is -2.48. The van der Waals surface area contributed by atoms with Gasteiger partial charge in [-0.05, 0) is 32.0 Å². The van der Waals surface area contributed by atoms with E-state index in [1.54, 1.807) is 35.4 Å². The van der Waals surface area contributed by atoms with Crippen LogP contribution < -0.4 is 25.2 Å². The summed E-state index contributed by atoms with van der Waals surface area (Å²) in [5, 5.41) is 3.00. The van der Waals surface area contributed by atoms with Gasteiger partial charge in [-0.15, -0.1) is 0 Å². The Morgan fingerprint density at radius 3 is 2.94 bits per heavy atom. The Labute approximate surface area is 189 Å². The molecule has 4 N–H and O–H groups in total. The van der Waals surface area contributed by atoms with Crippen LogP contribution in [0.3, 0.4) is 0 Å². The summed E-state index contributed by atoms with van der Waals surface area (Å²) in [4.78, 5) is 21.4. The Morgan fingerprint density at radius 1 is 1.34 bits per heavy atom. The van der Waals surface area contributed by atoms with Crippen molar-refractivity contribution < 1.29 is 14.3 Å². The van der Waals surface area contributed by atoms with Crippen molar-refractivity contribution in [3.05, 3.63) is 60.2 Å². The van der Waals surface area contributed by atoms with Crippen LogP contribution in [0.25, 0.3) is 5.82 Å². The third kappa shape index (κ3) is 4.62. The number of nitrogens with two attached hydrogens (primary N) is 1. The van der Waals surface area contributed by atoms with E-state index < -0.39 is 5.54 Å². The zero-order valence-corrected chi connectivity index (χ0v) is 18.6. The fourth-order valence-corrected chi connectivity index (χ4v) is 3.60. The molecule has 3 aromatic rings. The molecule has 0 fully saturated rings. The SMILES string of the molecule is COc1cc(C(=O)NC(C)(C)COc2cccc3c2C(N)=NSN3)cc(-n2ccnc2)n1. The predicted octanol–water partition coefficient (Wildman–Crippen LogP) is 2.56. The van der Waals surface area contributed by atoms with E-state index in [1.165, 1.54) is 19.2 Å². The van der Waals surface area contributed by atoms with Crippen LogP contribution in [0.1, 0.15) is 29.8 Å². The Hall–Kier alpha value is -3.73.